The van der Waals surface area contributed by atoms with Crippen molar-refractivity contribution in [3.8, 4) is 0 Å². The maximum absolute atomic E-state index is 11.5. The molecule has 0 atom stereocenters. The molecule has 0 bridgehead atoms. The molecular formula is C17H14N2O3. The molecule has 3 rings (SSSR count). The van der Waals surface area contributed by atoms with Crippen LogP contribution in [0.3, 0.4) is 0 Å². The highest BCUT2D eigenvalue weighted by atomic mass is 16.5. The third-order valence-corrected chi connectivity index (χ3v) is 3.06. The molecule has 0 unspecified atom stereocenters. The van der Waals surface area contributed by atoms with Crippen LogP contribution in [0.4, 0.5) is 0 Å². The van der Waals surface area contributed by atoms with Crippen LogP contribution in [0.2, 0.25) is 0 Å². The van der Waals surface area contributed by atoms with E-state index < -0.39 is 5.97 Å². The minimum atomic E-state index is -0.488. The average molecular weight is 294 g/mol. The maximum atomic E-state index is 11.5. The van der Waals surface area contributed by atoms with Crippen LogP contribution in [-0.2, 0) is 4.74 Å². The molecule has 2 heterocycles. The molecule has 22 heavy (non-hydrogen) atoms. The van der Waals surface area contributed by atoms with Crippen molar-refractivity contribution in [3.63, 3.8) is 0 Å². The normalized spacial score (nSPS) is 11.1. The highest BCUT2D eigenvalue weighted by molar-refractivity contribution is 5.88. The van der Waals surface area contributed by atoms with Gasteiger partial charge in [-0.3, -0.25) is 4.98 Å². The van der Waals surface area contributed by atoms with Crippen molar-refractivity contribution in [2.75, 3.05) is 6.61 Å². The van der Waals surface area contributed by atoms with E-state index in [9.17, 15) is 4.79 Å². The SMILES string of the molecule is CCOC(=O)c1cc(/C=C\c2cnc3ccccc3c2)on1. The summed E-state index contributed by atoms with van der Waals surface area (Å²) in [5, 5.41) is 4.74. The number of benzene rings is 1. The molecule has 1 aromatic carbocycles. The van der Waals surface area contributed by atoms with Gasteiger partial charge in [0.25, 0.3) is 0 Å². The minimum absolute atomic E-state index is 0.165. The summed E-state index contributed by atoms with van der Waals surface area (Å²) in [6.07, 6.45) is 5.37. The number of ether oxygens (including phenoxy) is 1. The summed E-state index contributed by atoms with van der Waals surface area (Å²) in [5.74, 6) is -0.00511. The maximum Gasteiger partial charge on any atom is 0.360 e. The van der Waals surface area contributed by atoms with Gasteiger partial charge in [0, 0.05) is 17.6 Å². The third kappa shape index (κ3) is 3.03. The fourth-order valence-corrected chi connectivity index (χ4v) is 2.03. The van der Waals surface area contributed by atoms with Crippen molar-refractivity contribution in [1.29, 1.82) is 0 Å². The number of hydrogen-bond donors (Lipinski definition) is 0. The molecular weight excluding hydrogens is 280 g/mol. The number of esters is 1. The zero-order chi connectivity index (χ0) is 15.4. The second kappa shape index (κ2) is 6.22. The molecule has 0 fully saturated rings. The molecule has 0 aliphatic heterocycles. The monoisotopic (exact) mass is 294 g/mol. The van der Waals surface area contributed by atoms with Gasteiger partial charge < -0.3 is 9.26 Å². The van der Waals surface area contributed by atoms with Crippen LogP contribution in [0.1, 0.15) is 28.7 Å². The number of carbonyl (C=O) groups is 1. The van der Waals surface area contributed by atoms with Crippen LogP contribution >= 0.6 is 0 Å². The van der Waals surface area contributed by atoms with Crippen LogP contribution in [0.25, 0.3) is 23.1 Å². The largest absolute Gasteiger partial charge is 0.461 e. The number of para-hydroxylation sites is 1. The lowest BCUT2D eigenvalue weighted by Crippen LogP contribution is -2.04. The molecule has 0 spiro atoms. The van der Waals surface area contributed by atoms with Crippen molar-refractivity contribution < 1.29 is 14.1 Å². The Morgan fingerprint density at radius 2 is 2.14 bits per heavy atom. The number of nitrogens with zero attached hydrogens (tertiary/aromatic N) is 2. The second-order valence-electron chi connectivity index (χ2n) is 4.63. The van der Waals surface area contributed by atoms with E-state index in [0.29, 0.717) is 12.4 Å². The van der Waals surface area contributed by atoms with E-state index in [1.165, 1.54) is 0 Å². The quantitative estimate of drug-likeness (QED) is 0.688. The van der Waals surface area contributed by atoms with Crippen molar-refractivity contribution in [3.05, 3.63) is 59.6 Å². The molecule has 110 valence electrons. The van der Waals surface area contributed by atoms with Crippen LogP contribution in [-0.4, -0.2) is 22.7 Å². The lowest BCUT2D eigenvalue weighted by atomic mass is 10.1. The Morgan fingerprint density at radius 3 is 3.00 bits per heavy atom. The summed E-state index contributed by atoms with van der Waals surface area (Å²) in [5.41, 5.74) is 2.05. The van der Waals surface area contributed by atoms with Gasteiger partial charge >= 0.3 is 5.97 Å². The molecule has 0 saturated carbocycles. The molecule has 2 aromatic heterocycles. The predicted octanol–water partition coefficient (Wildman–Crippen LogP) is 3.57. The average Bonchev–Trinajstić information content (AvgIpc) is 3.02. The van der Waals surface area contributed by atoms with Gasteiger partial charge in [-0.25, -0.2) is 4.79 Å². The van der Waals surface area contributed by atoms with Gasteiger partial charge in [0.1, 0.15) is 0 Å². The number of pyridine rings is 1. The standard InChI is InChI=1S/C17H14N2O3/c1-2-21-17(20)16-10-14(22-19-16)8-7-12-9-13-5-3-4-6-15(13)18-11-12/h3-11H,2H2,1H3/b8-7-. The Hall–Kier alpha value is -2.95. The van der Waals surface area contributed by atoms with Crippen molar-refractivity contribution >= 4 is 29.0 Å². The number of fused-ring (bicyclic) bond motifs is 1. The van der Waals surface area contributed by atoms with Crippen molar-refractivity contribution in [2.45, 2.75) is 6.92 Å². The summed E-state index contributed by atoms with van der Waals surface area (Å²) in [6, 6.07) is 11.5. The Kier molecular flexibility index (Phi) is 3.96. The summed E-state index contributed by atoms with van der Waals surface area (Å²) < 4.78 is 9.94. The first kappa shape index (κ1) is 14.0. The molecule has 3 aromatic rings. The molecule has 0 N–H and O–H groups in total. The van der Waals surface area contributed by atoms with Gasteiger partial charge in [0.05, 0.1) is 12.1 Å². The topological polar surface area (TPSA) is 65.2 Å². The summed E-state index contributed by atoms with van der Waals surface area (Å²) in [4.78, 5) is 15.9. The highest BCUT2D eigenvalue weighted by Gasteiger charge is 2.11. The lowest BCUT2D eigenvalue weighted by Gasteiger charge is -1.97. The minimum Gasteiger partial charge on any atom is -0.461 e. The van der Waals surface area contributed by atoms with E-state index in [4.69, 9.17) is 9.26 Å². The molecule has 0 aliphatic carbocycles. The fourth-order valence-electron chi connectivity index (χ4n) is 2.03. The van der Waals surface area contributed by atoms with E-state index >= 15 is 0 Å². The predicted molar refractivity (Wildman–Crippen MR) is 83.1 cm³/mol. The fraction of sp³-hybridized carbons (Fsp3) is 0.118. The van der Waals surface area contributed by atoms with E-state index in [0.717, 1.165) is 16.5 Å². The summed E-state index contributed by atoms with van der Waals surface area (Å²) in [7, 11) is 0. The van der Waals surface area contributed by atoms with Crippen LogP contribution in [0.15, 0.2) is 47.1 Å². The lowest BCUT2D eigenvalue weighted by molar-refractivity contribution is 0.0514. The van der Waals surface area contributed by atoms with E-state index in [1.54, 1.807) is 25.3 Å². The van der Waals surface area contributed by atoms with Crippen LogP contribution in [0.5, 0.6) is 0 Å². The van der Waals surface area contributed by atoms with Crippen LogP contribution in [0, 0.1) is 0 Å². The Morgan fingerprint density at radius 1 is 1.27 bits per heavy atom. The number of hydrogen-bond acceptors (Lipinski definition) is 5. The van der Waals surface area contributed by atoms with Gasteiger partial charge in [-0.15, -0.1) is 0 Å². The van der Waals surface area contributed by atoms with Gasteiger partial charge in [0.2, 0.25) is 0 Å². The highest BCUT2D eigenvalue weighted by Crippen LogP contribution is 2.15. The summed E-state index contributed by atoms with van der Waals surface area (Å²) >= 11 is 0. The Balaban J connectivity index is 1.79. The Labute approximate surface area is 127 Å². The second-order valence-corrected chi connectivity index (χ2v) is 4.63. The van der Waals surface area contributed by atoms with Gasteiger partial charge in [0.15, 0.2) is 11.5 Å². The van der Waals surface area contributed by atoms with Crippen LogP contribution < -0.4 is 0 Å². The smallest absolute Gasteiger partial charge is 0.360 e. The molecule has 0 aliphatic rings. The number of aromatic nitrogens is 2. The van der Waals surface area contributed by atoms with E-state index in [-0.39, 0.29) is 5.69 Å². The Bertz CT molecular complexity index is 837. The number of rotatable bonds is 4. The first-order valence-corrected chi connectivity index (χ1v) is 6.93. The summed E-state index contributed by atoms with van der Waals surface area (Å²) in [6.45, 7) is 2.05. The van der Waals surface area contributed by atoms with Gasteiger partial charge in [-0.05, 0) is 36.8 Å². The molecule has 0 amide bonds. The molecule has 5 heteroatoms. The third-order valence-electron chi connectivity index (χ3n) is 3.06. The molecule has 0 saturated heterocycles. The first-order valence-electron chi connectivity index (χ1n) is 6.93. The van der Waals surface area contributed by atoms with E-state index in [2.05, 4.69) is 10.1 Å². The zero-order valence-electron chi connectivity index (χ0n) is 12.0. The molecule has 5 nitrogen and oxygen atoms in total. The van der Waals surface area contributed by atoms with E-state index in [1.807, 2.05) is 36.4 Å². The van der Waals surface area contributed by atoms with Crippen molar-refractivity contribution in [1.82, 2.24) is 10.1 Å². The van der Waals surface area contributed by atoms with Gasteiger partial charge in [-0.2, -0.15) is 0 Å². The van der Waals surface area contributed by atoms with Crippen molar-refractivity contribution in [2.24, 2.45) is 0 Å². The molecule has 0 radical (unpaired) electrons. The first-order chi connectivity index (χ1) is 10.8. The van der Waals surface area contributed by atoms with Gasteiger partial charge in [-0.1, -0.05) is 23.4 Å². The number of carbonyl (C=O) groups excluding carboxylic acids is 1. The zero-order valence-corrected chi connectivity index (χ0v) is 12.0.